The highest BCUT2D eigenvalue weighted by molar-refractivity contribution is 7.98. The van der Waals surface area contributed by atoms with Gasteiger partial charge in [-0.05, 0) is 6.26 Å². The largest absolute Gasteiger partial charge is 0.311 e. The van der Waals surface area contributed by atoms with Gasteiger partial charge in [-0.25, -0.2) is 0 Å². The number of nitrogens with zero attached hydrogens (tertiary/aromatic N) is 3. The molecule has 2 heterocycles. The Bertz CT molecular complexity index is 413. The molecule has 0 bridgehead atoms. The van der Waals surface area contributed by atoms with Crippen molar-refractivity contribution in [2.45, 2.75) is 5.03 Å². The normalized spacial score (nSPS) is 10.8. The van der Waals surface area contributed by atoms with Gasteiger partial charge in [-0.15, -0.1) is 11.8 Å². The van der Waals surface area contributed by atoms with Crippen LogP contribution in [0.3, 0.4) is 0 Å². The highest BCUT2D eigenvalue weighted by atomic mass is 32.2. The summed E-state index contributed by atoms with van der Waals surface area (Å²) in [6.07, 6.45) is 2.69. The molecule has 62 valence electrons. The zero-order valence-electron chi connectivity index (χ0n) is 6.21. The molecule has 4 nitrogen and oxygen atoms in total. The van der Waals surface area contributed by atoms with Crippen molar-refractivity contribution in [2.75, 3.05) is 6.26 Å². The summed E-state index contributed by atoms with van der Waals surface area (Å²) in [5.74, 6) is 0. The third kappa shape index (κ3) is 1.04. The maximum atomic E-state index is 12.7. The molecular formula is C6H5FN4S. The summed E-state index contributed by atoms with van der Waals surface area (Å²) in [6.45, 7) is 0. The average Bonchev–Trinajstić information content (AvgIpc) is 2.50. The molecule has 0 radical (unpaired) electrons. The summed E-state index contributed by atoms with van der Waals surface area (Å²) in [4.78, 5) is 7.15. The fraction of sp³-hybridized carbons (Fsp3) is 0.167. The lowest BCUT2D eigenvalue weighted by Crippen LogP contribution is -1.91. The predicted octanol–water partition coefficient (Wildman–Crippen LogP) is 1.21. The number of halogens is 1. The minimum absolute atomic E-state index is 0.437. The molecule has 0 spiro atoms. The van der Waals surface area contributed by atoms with Crippen molar-refractivity contribution in [3.8, 4) is 0 Å². The Morgan fingerprint density at radius 1 is 1.50 bits per heavy atom. The number of aromatic nitrogens is 4. The molecule has 2 aromatic rings. The van der Waals surface area contributed by atoms with Gasteiger partial charge in [-0.1, -0.05) is 0 Å². The van der Waals surface area contributed by atoms with Crippen LogP contribution < -0.4 is 0 Å². The Balaban J connectivity index is 2.80. The van der Waals surface area contributed by atoms with Gasteiger partial charge >= 0.3 is 6.08 Å². The summed E-state index contributed by atoms with van der Waals surface area (Å²) >= 11 is 1.37. The van der Waals surface area contributed by atoms with E-state index in [1.807, 2.05) is 6.26 Å². The van der Waals surface area contributed by atoms with E-state index in [2.05, 4.69) is 20.2 Å². The van der Waals surface area contributed by atoms with Gasteiger partial charge in [0.1, 0.15) is 5.03 Å². The minimum Gasteiger partial charge on any atom is -0.261 e. The van der Waals surface area contributed by atoms with Gasteiger partial charge in [-0.3, -0.25) is 5.10 Å². The second kappa shape index (κ2) is 2.71. The zero-order chi connectivity index (χ0) is 8.55. The van der Waals surface area contributed by atoms with E-state index < -0.39 is 6.08 Å². The molecule has 0 unspecified atom stereocenters. The first-order valence-corrected chi connectivity index (χ1v) is 4.44. The molecule has 0 saturated carbocycles. The SMILES string of the molecule is CSc1nc(F)nc2[nH]ncc12. The summed E-state index contributed by atoms with van der Waals surface area (Å²) in [6, 6.07) is 0. The Labute approximate surface area is 71.6 Å². The number of fused-ring (bicyclic) bond motifs is 1. The van der Waals surface area contributed by atoms with Crippen molar-refractivity contribution in [2.24, 2.45) is 0 Å². The van der Waals surface area contributed by atoms with Crippen molar-refractivity contribution in [3.05, 3.63) is 12.3 Å². The smallest absolute Gasteiger partial charge is 0.261 e. The fourth-order valence-electron chi connectivity index (χ4n) is 0.938. The fourth-order valence-corrected chi connectivity index (χ4v) is 1.47. The van der Waals surface area contributed by atoms with E-state index in [-0.39, 0.29) is 0 Å². The number of hydrogen-bond acceptors (Lipinski definition) is 4. The van der Waals surface area contributed by atoms with E-state index in [0.29, 0.717) is 10.7 Å². The van der Waals surface area contributed by atoms with Gasteiger partial charge in [-0.2, -0.15) is 19.5 Å². The Kier molecular flexibility index (Phi) is 1.69. The van der Waals surface area contributed by atoms with Crippen LogP contribution in [0.5, 0.6) is 0 Å². The Morgan fingerprint density at radius 2 is 2.33 bits per heavy atom. The average molecular weight is 184 g/mol. The van der Waals surface area contributed by atoms with Gasteiger partial charge in [0, 0.05) is 0 Å². The van der Waals surface area contributed by atoms with E-state index in [4.69, 9.17) is 0 Å². The van der Waals surface area contributed by atoms with Crippen LogP contribution in [0, 0.1) is 6.08 Å². The lowest BCUT2D eigenvalue weighted by molar-refractivity contribution is 0.533. The number of thioether (sulfide) groups is 1. The van der Waals surface area contributed by atoms with Crippen LogP contribution in [0.4, 0.5) is 4.39 Å². The molecule has 0 amide bonds. The summed E-state index contributed by atoms with van der Waals surface area (Å²) in [5, 5.41) is 7.68. The van der Waals surface area contributed by atoms with Crippen LogP contribution in [0.1, 0.15) is 0 Å². The van der Waals surface area contributed by atoms with Crippen molar-refractivity contribution in [1.29, 1.82) is 0 Å². The summed E-state index contributed by atoms with van der Waals surface area (Å²) < 4.78 is 12.7. The van der Waals surface area contributed by atoms with Gasteiger partial charge in [0.2, 0.25) is 0 Å². The number of aromatic amines is 1. The quantitative estimate of drug-likeness (QED) is 0.411. The second-order valence-corrected chi connectivity index (χ2v) is 2.93. The molecule has 2 rings (SSSR count). The lowest BCUT2D eigenvalue weighted by Gasteiger charge is -1.95. The molecule has 1 N–H and O–H groups in total. The van der Waals surface area contributed by atoms with Gasteiger partial charge < -0.3 is 0 Å². The van der Waals surface area contributed by atoms with E-state index in [0.717, 1.165) is 5.39 Å². The molecule has 12 heavy (non-hydrogen) atoms. The Morgan fingerprint density at radius 3 is 3.08 bits per heavy atom. The first kappa shape index (κ1) is 7.48. The van der Waals surface area contributed by atoms with Crippen molar-refractivity contribution in [3.63, 3.8) is 0 Å². The van der Waals surface area contributed by atoms with Crippen molar-refractivity contribution >= 4 is 22.8 Å². The predicted molar refractivity (Wildman–Crippen MR) is 43.4 cm³/mol. The maximum Gasteiger partial charge on any atom is 0.311 e. The zero-order valence-corrected chi connectivity index (χ0v) is 7.02. The number of rotatable bonds is 1. The van der Waals surface area contributed by atoms with Crippen LogP contribution in [0.2, 0.25) is 0 Å². The van der Waals surface area contributed by atoms with E-state index in [1.165, 1.54) is 11.8 Å². The van der Waals surface area contributed by atoms with Crippen molar-refractivity contribution < 1.29 is 4.39 Å². The third-order valence-corrected chi connectivity index (χ3v) is 2.14. The molecule has 0 aromatic carbocycles. The first-order valence-electron chi connectivity index (χ1n) is 3.22. The van der Waals surface area contributed by atoms with Gasteiger partial charge in [0.15, 0.2) is 5.65 Å². The van der Waals surface area contributed by atoms with Crippen LogP contribution in [-0.2, 0) is 0 Å². The van der Waals surface area contributed by atoms with E-state index in [1.54, 1.807) is 6.20 Å². The Hall–Kier alpha value is -1.17. The summed E-state index contributed by atoms with van der Waals surface area (Å²) in [5.41, 5.74) is 0.437. The number of hydrogen-bond donors (Lipinski definition) is 1. The molecule has 0 fully saturated rings. The molecule has 0 aliphatic carbocycles. The topological polar surface area (TPSA) is 54.5 Å². The van der Waals surface area contributed by atoms with Gasteiger partial charge in [0.05, 0.1) is 11.6 Å². The molecule has 6 heteroatoms. The highest BCUT2D eigenvalue weighted by Gasteiger charge is 2.07. The maximum absolute atomic E-state index is 12.7. The third-order valence-electron chi connectivity index (χ3n) is 1.44. The van der Waals surface area contributed by atoms with Crippen LogP contribution in [-0.4, -0.2) is 26.4 Å². The standard InChI is InChI=1S/C6H5FN4S/c1-12-5-3-2-8-11-4(3)9-6(7)10-5/h2H,1H3,(H,8,9,10,11). The van der Waals surface area contributed by atoms with Crippen LogP contribution in [0.25, 0.3) is 11.0 Å². The van der Waals surface area contributed by atoms with Crippen LogP contribution in [0.15, 0.2) is 11.2 Å². The van der Waals surface area contributed by atoms with Gasteiger partial charge in [0.25, 0.3) is 0 Å². The molecule has 0 aliphatic heterocycles. The first-order chi connectivity index (χ1) is 5.81. The lowest BCUT2D eigenvalue weighted by atomic mass is 10.4. The number of H-pyrrole nitrogens is 1. The van der Waals surface area contributed by atoms with E-state index >= 15 is 0 Å². The molecule has 0 saturated heterocycles. The summed E-state index contributed by atoms with van der Waals surface area (Å²) in [7, 11) is 0. The van der Waals surface area contributed by atoms with Crippen LogP contribution >= 0.6 is 11.8 Å². The molecule has 2 aromatic heterocycles. The minimum atomic E-state index is -0.726. The molecular weight excluding hydrogens is 179 g/mol. The highest BCUT2D eigenvalue weighted by Crippen LogP contribution is 2.20. The molecule has 0 atom stereocenters. The monoisotopic (exact) mass is 184 g/mol. The van der Waals surface area contributed by atoms with E-state index in [9.17, 15) is 4.39 Å². The van der Waals surface area contributed by atoms with Crippen molar-refractivity contribution in [1.82, 2.24) is 20.2 Å². The second-order valence-electron chi connectivity index (χ2n) is 2.13. The molecule has 0 aliphatic rings. The number of nitrogens with one attached hydrogen (secondary N) is 1.